The highest BCUT2D eigenvalue weighted by atomic mass is 19.3. The number of ether oxygens (including phenoxy) is 1. The molecule has 1 fully saturated rings. The summed E-state index contributed by atoms with van der Waals surface area (Å²) in [6.45, 7) is -1.35. The average molecular weight is 312 g/mol. The van der Waals surface area contributed by atoms with Crippen molar-refractivity contribution in [1.29, 1.82) is 0 Å². The van der Waals surface area contributed by atoms with Crippen LogP contribution in [-0.4, -0.2) is 55.7 Å². The van der Waals surface area contributed by atoms with Gasteiger partial charge in [0.05, 0.1) is 12.8 Å². The number of rotatable bonds is 3. The number of aliphatic hydroxyl groups excluding tert-OH is 3. The summed E-state index contributed by atoms with van der Waals surface area (Å²) in [5.41, 5.74) is -5.40. The number of alkyl halides is 2. The molecule has 4 unspecified atom stereocenters. The molecule has 21 heavy (non-hydrogen) atoms. The van der Waals surface area contributed by atoms with Gasteiger partial charge in [0.1, 0.15) is 12.2 Å². The van der Waals surface area contributed by atoms with E-state index in [4.69, 9.17) is 9.84 Å². The molecule has 0 aliphatic carbocycles. The topological polar surface area (TPSA) is 125 Å². The highest BCUT2D eigenvalue weighted by Crippen LogP contribution is 2.40. The van der Waals surface area contributed by atoms with Crippen molar-refractivity contribution in [2.45, 2.75) is 30.5 Å². The fraction of sp³-hybridized carbons (Fsp3) is 0.600. The second-order valence-electron chi connectivity index (χ2n) is 4.50. The summed E-state index contributed by atoms with van der Waals surface area (Å²) in [6, 6.07) is 0. The van der Waals surface area contributed by atoms with Gasteiger partial charge in [-0.2, -0.15) is 4.39 Å². The van der Waals surface area contributed by atoms with Crippen LogP contribution in [0.5, 0.6) is 0 Å². The van der Waals surface area contributed by atoms with Crippen LogP contribution < -0.4 is 11.2 Å². The van der Waals surface area contributed by atoms with Crippen molar-refractivity contribution in [1.82, 2.24) is 9.55 Å². The van der Waals surface area contributed by atoms with Crippen LogP contribution in [0.15, 0.2) is 15.8 Å². The number of aliphatic hydroxyl groups is 3. The number of hydrogen-bond acceptors (Lipinski definition) is 6. The molecule has 1 aromatic rings. The average Bonchev–Trinajstić information content (AvgIpc) is 2.68. The quantitative estimate of drug-likeness (QED) is 0.508. The standard InChI is InChI=1S/C10H11F3N2O6/c11-3-1-15(9(20)14-6(3)19)7-4(17)5(18)10(2-16,21-7)8(12)13/h1,4-5,7-8,16-18H,2H2,(H,14,19,20). The maximum Gasteiger partial charge on any atom is 0.330 e. The molecular weight excluding hydrogens is 301 g/mol. The molecule has 1 aromatic heterocycles. The lowest BCUT2D eigenvalue weighted by molar-refractivity contribution is -0.196. The molecular formula is C10H11F3N2O6. The number of nitrogens with one attached hydrogen (secondary N) is 1. The Bertz CT molecular complexity index is 646. The van der Waals surface area contributed by atoms with Crippen LogP contribution in [0.1, 0.15) is 6.23 Å². The van der Waals surface area contributed by atoms with E-state index in [2.05, 4.69) is 0 Å². The molecule has 0 bridgehead atoms. The van der Waals surface area contributed by atoms with E-state index < -0.39 is 54.1 Å². The number of aromatic amines is 1. The number of aromatic nitrogens is 2. The van der Waals surface area contributed by atoms with Crippen LogP contribution in [0.25, 0.3) is 0 Å². The molecule has 4 atom stereocenters. The van der Waals surface area contributed by atoms with Gasteiger partial charge in [0, 0.05) is 0 Å². The summed E-state index contributed by atoms with van der Waals surface area (Å²) in [5, 5.41) is 28.4. The first-order chi connectivity index (χ1) is 9.74. The largest absolute Gasteiger partial charge is 0.393 e. The van der Waals surface area contributed by atoms with Gasteiger partial charge >= 0.3 is 5.69 Å². The number of H-pyrrole nitrogens is 1. The van der Waals surface area contributed by atoms with Gasteiger partial charge in [-0.3, -0.25) is 14.3 Å². The van der Waals surface area contributed by atoms with Crippen LogP contribution in [0.4, 0.5) is 13.2 Å². The summed E-state index contributed by atoms with van der Waals surface area (Å²) >= 11 is 0. The Morgan fingerprint density at radius 1 is 1.43 bits per heavy atom. The van der Waals surface area contributed by atoms with Crippen LogP contribution in [0.3, 0.4) is 0 Å². The predicted octanol–water partition coefficient (Wildman–Crippen LogP) is -2.08. The lowest BCUT2D eigenvalue weighted by Gasteiger charge is -2.28. The summed E-state index contributed by atoms with van der Waals surface area (Å²) in [7, 11) is 0. The summed E-state index contributed by atoms with van der Waals surface area (Å²) in [6.07, 6.45) is -9.22. The molecule has 8 nitrogen and oxygen atoms in total. The fourth-order valence-corrected chi connectivity index (χ4v) is 2.06. The van der Waals surface area contributed by atoms with Crippen molar-refractivity contribution in [2.24, 2.45) is 0 Å². The minimum atomic E-state index is -3.39. The molecule has 4 N–H and O–H groups in total. The Morgan fingerprint density at radius 3 is 2.52 bits per heavy atom. The molecule has 0 radical (unpaired) electrons. The molecule has 1 aliphatic rings. The van der Waals surface area contributed by atoms with Crippen molar-refractivity contribution < 1.29 is 33.2 Å². The fourth-order valence-electron chi connectivity index (χ4n) is 2.06. The van der Waals surface area contributed by atoms with Crippen LogP contribution in [0.2, 0.25) is 0 Å². The van der Waals surface area contributed by atoms with Gasteiger partial charge in [-0.15, -0.1) is 0 Å². The predicted molar refractivity (Wildman–Crippen MR) is 59.2 cm³/mol. The van der Waals surface area contributed by atoms with Crippen LogP contribution in [0, 0.1) is 5.82 Å². The third-order valence-electron chi connectivity index (χ3n) is 3.27. The van der Waals surface area contributed by atoms with E-state index in [1.165, 1.54) is 0 Å². The smallest absolute Gasteiger partial charge is 0.330 e. The van der Waals surface area contributed by atoms with E-state index in [-0.39, 0.29) is 0 Å². The van der Waals surface area contributed by atoms with E-state index in [1.54, 1.807) is 4.98 Å². The molecule has 0 spiro atoms. The number of nitrogens with zero attached hydrogens (tertiary/aromatic N) is 1. The van der Waals surface area contributed by atoms with Crippen molar-refractivity contribution in [3.63, 3.8) is 0 Å². The maximum atomic E-state index is 13.2. The van der Waals surface area contributed by atoms with Crippen molar-refractivity contribution in [2.75, 3.05) is 6.61 Å². The Labute approximate surface area is 114 Å². The molecule has 1 aliphatic heterocycles. The molecule has 0 amide bonds. The number of halogens is 3. The second-order valence-corrected chi connectivity index (χ2v) is 4.50. The van der Waals surface area contributed by atoms with Crippen molar-refractivity contribution in [3.8, 4) is 0 Å². The van der Waals surface area contributed by atoms with Gasteiger partial charge in [-0.25, -0.2) is 13.6 Å². The zero-order chi connectivity index (χ0) is 15.9. The molecule has 118 valence electrons. The van der Waals surface area contributed by atoms with Gasteiger partial charge in [-0.05, 0) is 0 Å². The van der Waals surface area contributed by atoms with Gasteiger partial charge in [0.15, 0.2) is 11.8 Å². The first-order valence-corrected chi connectivity index (χ1v) is 5.68. The minimum Gasteiger partial charge on any atom is -0.393 e. The van der Waals surface area contributed by atoms with Gasteiger partial charge in [0.2, 0.25) is 5.82 Å². The summed E-state index contributed by atoms with van der Waals surface area (Å²) in [5.74, 6) is -1.42. The lowest BCUT2D eigenvalue weighted by Crippen LogP contribution is -2.52. The molecule has 1 saturated heterocycles. The highest BCUT2D eigenvalue weighted by Gasteiger charge is 2.60. The Hall–Kier alpha value is -1.69. The molecule has 2 heterocycles. The Morgan fingerprint density at radius 2 is 2.05 bits per heavy atom. The van der Waals surface area contributed by atoms with Crippen molar-refractivity contribution in [3.05, 3.63) is 32.9 Å². The normalized spacial score (nSPS) is 32.8. The Balaban J connectivity index is 2.50. The molecule has 0 aromatic carbocycles. The first kappa shape index (κ1) is 15.7. The first-order valence-electron chi connectivity index (χ1n) is 5.68. The van der Waals surface area contributed by atoms with E-state index in [0.717, 1.165) is 0 Å². The number of hydrogen-bond donors (Lipinski definition) is 4. The van der Waals surface area contributed by atoms with E-state index in [0.29, 0.717) is 10.8 Å². The van der Waals surface area contributed by atoms with Gasteiger partial charge in [0.25, 0.3) is 12.0 Å². The second kappa shape index (κ2) is 5.26. The summed E-state index contributed by atoms with van der Waals surface area (Å²) < 4.78 is 44.2. The molecule has 2 rings (SSSR count). The zero-order valence-corrected chi connectivity index (χ0v) is 10.2. The third kappa shape index (κ3) is 2.27. The van der Waals surface area contributed by atoms with Crippen LogP contribution >= 0.6 is 0 Å². The zero-order valence-electron chi connectivity index (χ0n) is 10.2. The molecule has 11 heteroatoms. The SMILES string of the molecule is O=c1[nH]c(=O)n(C2OC(CO)(C(F)F)C(O)C2O)cc1F. The van der Waals surface area contributed by atoms with Gasteiger partial charge in [-0.1, -0.05) is 0 Å². The van der Waals surface area contributed by atoms with E-state index in [9.17, 15) is 33.0 Å². The van der Waals surface area contributed by atoms with Crippen LogP contribution in [-0.2, 0) is 4.74 Å². The lowest BCUT2D eigenvalue weighted by atomic mass is 9.96. The van der Waals surface area contributed by atoms with E-state index in [1.807, 2.05) is 0 Å². The highest BCUT2D eigenvalue weighted by molar-refractivity contribution is 5.04. The Kier molecular flexibility index (Phi) is 3.93. The summed E-state index contributed by atoms with van der Waals surface area (Å²) in [4.78, 5) is 24.0. The van der Waals surface area contributed by atoms with Crippen molar-refractivity contribution >= 4 is 0 Å². The minimum absolute atomic E-state index is 0.310. The monoisotopic (exact) mass is 312 g/mol. The third-order valence-corrected chi connectivity index (χ3v) is 3.27. The van der Waals surface area contributed by atoms with Gasteiger partial charge < -0.3 is 20.1 Å². The van der Waals surface area contributed by atoms with E-state index >= 15 is 0 Å². The maximum absolute atomic E-state index is 13.2. The molecule has 0 saturated carbocycles.